The molecule has 4 rings (SSSR count). The van der Waals surface area contributed by atoms with Gasteiger partial charge >= 0.3 is 6.09 Å². The predicted molar refractivity (Wildman–Crippen MR) is 112 cm³/mol. The molecule has 0 spiro atoms. The van der Waals surface area contributed by atoms with Crippen LogP contribution in [0.25, 0.3) is 0 Å². The van der Waals surface area contributed by atoms with Gasteiger partial charge in [0, 0.05) is 29.9 Å². The molecule has 6 heteroatoms. The van der Waals surface area contributed by atoms with Gasteiger partial charge in [-0.3, -0.25) is 4.79 Å². The molecule has 1 fully saturated rings. The largest absolute Gasteiger partial charge is 0.445 e. The van der Waals surface area contributed by atoms with Crippen LogP contribution in [-0.2, 0) is 22.6 Å². The molecule has 152 valence electrons. The Morgan fingerprint density at radius 3 is 2.59 bits per heavy atom. The highest BCUT2D eigenvalue weighted by Crippen LogP contribution is 2.34. The second-order valence-electron chi connectivity index (χ2n) is 7.88. The quantitative estimate of drug-likeness (QED) is 0.777. The number of amides is 2. The van der Waals surface area contributed by atoms with Gasteiger partial charge < -0.3 is 20.7 Å². The standard InChI is InChI=1S/C23H27N3O3/c24-19-9-6-17-12-13-26(21(17)14-19)22(27)18-7-10-20(11-8-18)25-23(28)29-15-16-4-2-1-3-5-16/h1-6,9,14,18,20H,7-8,10-13,15,24H2,(H,25,28). The summed E-state index contributed by atoms with van der Waals surface area (Å²) in [6.07, 6.45) is 3.61. The third-order valence-corrected chi connectivity index (χ3v) is 5.88. The summed E-state index contributed by atoms with van der Waals surface area (Å²) in [5, 5.41) is 2.94. The van der Waals surface area contributed by atoms with Crippen LogP contribution < -0.4 is 16.0 Å². The highest BCUT2D eigenvalue weighted by atomic mass is 16.5. The van der Waals surface area contributed by atoms with E-state index in [1.54, 1.807) is 0 Å². The number of nitrogens with zero attached hydrogens (tertiary/aromatic N) is 1. The Labute approximate surface area is 171 Å². The first-order chi connectivity index (χ1) is 14.1. The Morgan fingerprint density at radius 2 is 1.83 bits per heavy atom. The summed E-state index contributed by atoms with van der Waals surface area (Å²) >= 11 is 0. The number of carbonyl (C=O) groups excluding carboxylic acids is 2. The Balaban J connectivity index is 1.25. The van der Waals surface area contributed by atoms with Crippen molar-refractivity contribution >= 4 is 23.4 Å². The van der Waals surface area contributed by atoms with Gasteiger partial charge in [0.15, 0.2) is 0 Å². The number of nitrogen functional groups attached to an aromatic ring is 1. The molecule has 1 heterocycles. The minimum atomic E-state index is -0.396. The zero-order valence-corrected chi connectivity index (χ0v) is 16.5. The van der Waals surface area contributed by atoms with Crippen LogP contribution in [0.1, 0.15) is 36.8 Å². The van der Waals surface area contributed by atoms with Gasteiger partial charge in [0.1, 0.15) is 6.61 Å². The predicted octanol–water partition coefficient (Wildman–Crippen LogP) is 3.64. The van der Waals surface area contributed by atoms with Gasteiger partial charge in [0.25, 0.3) is 0 Å². The van der Waals surface area contributed by atoms with Crippen molar-refractivity contribution in [3.63, 3.8) is 0 Å². The van der Waals surface area contributed by atoms with Crippen molar-refractivity contribution in [3.05, 3.63) is 59.7 Å². The van der Waals surface area contributed by atoms with E-state index in [1.165, 1.54) is 5.56 Å². The molecule has 0 saturated heterocycles. The van der Waals surface area contributed by atoms with Gasteiger partial charge in [0.05, 0.1) is 0 Å². The number of fused-ring (bicyclic) bond motifs is 1. The van der Waals surface area contributed by atoms with E-state index < -0.39 is 6.09 Å². The lowest BCUT2D eigenvalue weighted by atomic mass is 9.85. The van der Waals surface area contributed by atoms with Gasteiger partial charge in [-0.2, -0.15) is 0 Å². The van der Waals surface area contributed by atoms with Gasteiger partial charge in [-0.05, 0) is 55.4 Å². The summed E-state index contributed by atoms with van der Waals surface area (Å²) in [7, 11) is 0. The third-order valence-electron chi connectivity index (χ3n) is 5.88. The maximum atomic E-state index is 13.0. The van der Waals surface area contributed by atoms with E-state index in [0.29, 0.717) is 5.69 Å². The summed E-state index contributed by atoms with van der Waals surface area (Å²) in [4.78, 5) is 27.0. The molecule has 0 radical (unpaired) electrons. The van der Waals surface area contributed by atoms with E-state index >= 15 is 0 Å². The van der Waals surface area contributed by atoms with E-state index in [0.717, 1.165) is 49.9 Å². The SMILES string of the molecule is Nc1ccc2c(c1)N(C(=O)C1CCC(NC(=O)OCc3ccccc3)CC1)CC2. The monoisotopic (exact) mass is 393 g/mol. The van der Waals surface area contributed by atoms with Crippen molar-refractivity contribution in [2.24, 2.45) is 5.92 Å². The molecule has 0 unspecified atom stereocenters. The molecule has 29 heavy (non-hydrogen) atoms. The van der Waals surface area contributed by atoms with Crippen molar-refractivity contribution in [2.45, 2.75) is 44.8 Å². The van der Waals surface area contributed by atoms with E-state index in [1.807, 2.05) is 53.4 Å². The van der Waals surface area contributed by atoms with E-state index in [2.05, 4.69) is 5.32 Å². The zero-order chi connectivity index (χ0) is 20.2. The highest BCUT2D eigenvalue weighted by Gasteiger charge is 2.33. The molecule has 2 amide bonds. The maximum Gasteiger partial charge on any atom is 0.407 e. The number of hydrogen-bond donors (Lipinski definition) is 2. The van der Waals surface area contributed by atoms with E-state index in [-0.39, 0.29) is 24.5 Å². The third kappa shape index (κ3) is 4.53. The number of carbonyl (C=O) groups is 2. The Morgan fingerprint density at radius 1 is 1.07 bits per heavy atom. The number of ether oxygens (including phenoxy) is 1. The molecule has 1 aliphatic carbocycles. The fourth-order valence-corrected chi connectivity index (χ4v) is 4.26. The van der Waals surface area contributed by atoms with Gasteiger partial charge in [-0.1, -0.05) is 36.4 Å². The van der Waals surface area contributed by atoms with Crippen LogP contribution in [0, 0.1) is 5.92 Å². The smallest absolute Gasteiger partial charge is 0.407 e. The van der Waals surface area contributed by atoms with E-state index in [9.17, 15) is 9.59 Å². The van der Waals surface area contributed by atoms with Gasteiger partial charge in [-0.15, -0.1) is 0 Å². The van der Waals surface area contributed by atoms with Crippen molar-refractivity contribution in [1.29, 1.82) is 0 Å². The summed E-state index contributed by atoms with van der Waals surface area (Å²) in [6.45, 7) is 0.986. The number of nitrogens with two attached hydrogens (primary N) is 1. The van der Waals surface area contributed by atoms with Crippen LogP contribution >= 0.6 is 0 Å². The van der Waals surface area contributed by atoms with Crippen LogP contribution in [-0.4, -0.2) is 24.6 Å². The number of anilines is 2. The number of rotatable bonds is 4. The molecule has 0 bridgehead atoms. The van der Waals surface area contributed by atoms with Gasteiger partial charge in [0.2, 0.25) is 5.91 Å². The first-order valence-corrected chi connectivity index (χ1v) is 10.3. The van der Waals surface area contributed by atoms with Crippen molar-refractivity contribution in [1.82, 2.24) is 5.32 Å². The summed E-state index contributed by atoms with van der Waals surface area (Å²) < 4.78 is 5.30. The lowest BCUT2D eigenvalue weighted by Gasteiger charge is -2.31. The lowest BCUT2D eigenvalue weighted by molar-refractivity contribution is -0.123. The van der Waals surface area contributed by atoms with Crippen molar-refractivity contribution in [3.8, 4) is 0 Å². The van der Waals surface area contributed by atoms with Crippen LogP contribution in [0.4, 0.5) is 16.2 Å². The van der Waals surface area contributed by atoms with Crippen LogP contribution in [0.3, 0.4) is 0 Å². The molecule has 0 atom stereocenters. The molecule has 2 aliphatic rings. The summed E-state index contributed by atoms with van der Waals surface area (Å²) in [5.41, 5.74) is 9.70. The molecule has 1 aliphatic heterocycles. The topological polar surface area (TPSA) is 84.7 Å². The highest BCUT2D eigenvalue weighted by molar-refractivity contribution is 5.97. The number of nitrogens with one attached hydrogen (secondary N) is 1. The van der Waals surface area contributed by atoms with Crippen molar-refractivity contribution in [2.75, 3.05) is 17.2 Å². The van der Waals surface area contributed by atoms with E-state index in [4.69, 9.17) is 10.5 Å². The number of benzene rings is 2. The Hall–Kier alpha value is -3.02. The minimum Gasteiger partial charge on any atom is -0.445 e. The molecule has 1 saturated carbocycles. The molecule has 2 aromatic rings. The minimum absolute atomic E-state index is 0.000713. The lowest BCUT2D eigenvalue weighted by Crippen LogP contribution is -2.42. The van der Waals surface area contributed by atoms with Crippen LogP contribution in [0.15, 0.2) is 48.5 Å². The maximum absolute atomic E-state index is 13.0. The van der Waals surface area contributed by atoms with Gasteiger partial charge in [-0.25, -0.2) is 4.79 Å². The first-order valence-electron chi connectivity index (χ1n) is 10.3. The number of alkyl carbamates (subject to hydrolysis) is 1. The second kappa shape index (κ2) is 8.55. The second-order valence-corrected chi connectivity index (χ2v) is 7.88. The average molecular weight is 393 g/mol. The molecular weight excluding hydrogens is 366 g/mol. The fourth-order valence-electron chi connectivity index (χ4n) is 4.26. The van der Waals surface area contributed by atoms with Crippen molar-refractivity contribution < 1.29 is 14.3 Å². The summed E-state index contributed by atoms with van der Waals surface area (Å²) in [5.74, 6) is 0.181. The molecule has 6 nitrogen and oxygen atoms in total. The Kier molecular flexibility index (Phi) is 5.69. The normalized spacial score (nSPS) is 20.8. The number of hydrogen-bond acceptors (Lipinski definition) is 4. The summed E-state index contributed by atoms with van der Waals surface area (Å²) in [6, 6.07) is 15.5. The molecule has 2 aromatic carbocycles. The first kappa shape index (κ1) is 19.3. The molecule has 0 aromatic heterocycles. The molecule has 3 N–H and O–H groups in total. The fraction of sp³-hybridized carbons (Fsp3) is 0.391. The van der Waals surface area contributed by atoms with Crippen LogP contribution in [0.2, 0.25) is 0 Å². The molecular formula is C23H27N3O3. The average Bonchev–Trinajstić information content (AvgIpc) is 3.16. The Bertz CT molecular complexity index is 876. The van der Waals surface area contributed by atoms with Crippen LogP contribution in [0.5, 0.6) is 0 Å². The zero-order valence-electron chi connectivity index (χ0n) is 16.5.